The Balaban J connectivity index is 1.60. The molecule has 0 aliphatic carbocycles. The van der Waals surface area contributed by atoms with E-state index >= 15 is 0 Å². The van der Waals surface area contributed by atoms with E-state index in [1.54, 1.807) is 18.2 Å². The number of halogens is 2. The van der Waals surface area contributed by atoms with Crippen molar-refractivity contribution >= 4 is 23.2 Å². The molecule has 4 nitrogen and oxygen atoms in total. The molecule has 28 heavy (non-hydrogen) atoms. The molecule has 3 aromatic rings. The van der Waals surface area contributed by atoms with Gasteiger partial charge in [0.15, 0.2) is 0 Å². The van der Waals surface area contributed by atoms with E-state index in [1.165, 1.54) is 41.7 Å². The van der Waals surface area contributed by atoms with E-state index in [-0.39, 0.29) is 10.4 Å². The number of carboxylic acids is 1. The minimum atomic E-state index is -0.954. The molecule has 0 bridgehead atoms. The van der Waals surface area contributed by atoms with Gasteiger partial charge < -0.3 is 10.4 Å². The van der Waals surface area contributed by atoms with Gasteiger partial charge in [0.25, 0.3) is 5.91 Å². The first-order valence-corrected chi connectivity index (χ1v) is 9.41. The molecule has 0 radical (unpaired) electrons. The highest BCUT2D eigenvalue weighted by Crippen LogP contribution is 2.23. The van der Waals surface area contributed by atoms with Crippen LogP contribution in [0, 0.1) is 11.6 Å². The second kappa shape index (κ2) is 8.75. The SMILES string of the molecule is O=C(NCCCc1ccc(C(=O)O)s1)c1cc(F)cc(-c2cccc(F)c2)c1. The number of hydrogen-bond acceptors (Lipinski definition) is 3. The topological polar surface area (TPSA) is 66.4 Å². The predicted octanol–water partition coefficient (Wildman–Crippen LogP) is 4.75. The molecule has 2 N–H and O–H groups in total. The fourth-order valence-corrected chi connectivity index (χ4v) is 3.64. The van der Waals surface area contributed by atoms with Crippen molar-refractivity contribution < 1.29 is 23.5 Å². The summed E-state index contributed by atoms with van der Waals surface area (Å²) in [7, 11) is 0. The fraction of sp³-hybridized carbons (Fsp3) is 0.143. The summed E-state index contributed by atoms with van der Waals surface area (Å²) in [6, 6.07) is 13.0. The van der Waals surface area contributed by atoms with Gasteiger partial charge >= 0.3 is 5.97 Å². The molecule has 3 rings (SSSR count). The van der Waals surface area contributed by atoms with E-state index in [0.29, 0.717) is 30.5 Å². The maximum absolute atomic E-state index is 13.9. The van der Waals surface area contributed by atoms with Crippen LogP contribution in [0.25, 0.3) is 11.1 Å². The van der Waals surface area contributed by atoms with Crippen molar-refractivity contribution in [2.24, 2.45) is 0 Å². The minimum Gasteiger partial charge on any atom is -0.477 e. The van der Waals surface area contributed by atoms with Crippen molar-refractivity contribution in [2.75, 3.05) is 6.54 Å². The molecule has 1 amide bonds. The number of carboxylic acid groups (broad SMARTS) is 1. The molecule has 0 aliphatic heterocycles. The van der Waals surface area contributed by atoms with Gasteiger partial charge in [0.05, 0.1) is 0 Å². The Morgan fingerprint density at radius 3 is 2.46 bits per heavy atom. The summed E-state index contributed by atoms with van der Waals surface area (Å²) < 4.78 is 27.3. The summed E-state index contributed by atoms with van der Waals surface area (Å²) >= 11 is 1.21. The molecule has 0 atom stereocenters. The molecule has 0 saturated heterocycles. The average Bonchev–Trinajstić information content (AvgIpc) is 3.14. The summed E-state index contributed by atoms with van der Waals surface area (Å²) in [5.74, 6) is -2.39. The van der Waals surface area contributed by atoms with Crippen LogP contribution in [0.15, 0.2) is 54.6 Å². The summed E-state index contributed by atoms with van der Waals surface area (Å²) in [6.07, 6.45) is 1.26. The number of rotatable bonds is 7. The third kappa shape index (κ3) is 5.01. The van der Waals surface area contributed by atoms with E-state index in [1.807, 2.05) is 0 Å². The van der Waals surface area contributed by atoms with Crippen molar-refractivity contribution in [3.05, 3.63) is 81.5 Å². The van der Waals surface area contributed by atoms with Gasteiger partial charge in [0, 0.05) is 17.0 Å². The highest BCUT2D eigenvalue weighted by atomic mass is 32.1. The number of benzene rings is 2. The third-order valence-corrected chi connectivity index (χ3v) is 5.21. The average molecular weight is 401 g/mol. The zero-order chi connectivity index (χ0) is 20.1. The number of aryl methyl sites for hydroxylation is 1. The second-order valence-electron chi connectivity index (χ2n) is 6.17. The predicted molar refractivity (Wildman–Crippen MR) is 104 cm³/mol. The molecule has 7 heteroatoms. The van der Waals surface area contributed by atoms with Crippen LogP contribution in [0.2, 0.25) is 0 Å². The summed E-state index contributed by atoms with van der Waals surface area (Å²) in [4.78, 5) is 24.4. The molecule has 1 heterocycles. The lowest BCUT2D eigenvalue weighted by atomic mass is 10.0. The van der Waals surface area contributed by atoms with E-state index in [4.69, 9.17) is 5.11 Å². The van der Waals surface area contributed by atoms with Gasteiger partial charge in [-0.15, -0.1) is 11.3 Å². The lowest BCUT2D eigenvalue weighted by Crippen LogP contribution is -2.24. The smallest absolute Gasteiger partial charge is 0.345 e. The molecule has 0 fully saturated rings. The quantitative estimate of drug-likeness (QED) is 0.561. The highest BCUT2D eigenvalue weighted by molar-refractivity contribution is 7.13. The molecule has 0 aliphatic rings. The van der Waals surface area contributed by atoms with Gasteiger partial charge in [-0.1, -0.05) is 12.1 Å². The third-order valence-electron chi connectivity index (χ3n) is 4.08. The van der Waals surface area contributed by atoms with Crippen LogP contribution in [-0.2, 0) is 6.42 Å². The van der Waals surface area contributed by atoms with Crippen molar-refractivity contribution in [3.8, 4) is 11.1 Å². The molecule has 144 valence electrons. The monoisotopic (exact) mass is 401 g/mol. The maximum atomic E-state index is 13.9. The molecular weight excluding hydrogens is 384 g/mol. The van der Waals surface area contributed by atoms with E-state index in [9.17, 15) is 18.4 Å². The number of thiophene rings is 1. The highest BCUT2D eigenvalue weighted by Gasteiger charge is 2.11. The number of hydrogen-bond donors (Lipinski definition) is 2. The van der Waals surface area contributed by atoms with Crippen molar-refractivity contribution in [1.82, 2.24) is 5.32 Å². The Morgan fingerprint density at radius 2 is 1.75 bits per heavy atom. The number of carbonyl (C=O) groups is 2. The van der Waals surface area contributed by atoms with Crippen molar-refractivity contribution in [3.63, 3.8) is 0 Å². The Morgan fingerprint density at radius 1 is 0.964 bits per heavy atom. The largest absolute Gasteiger partial charge is 0.477 e. The van der Waals surface area contributed by atoms with Crippen LogP contribution in [0.5, 0.6) is 0 Å². The summed E-state index contributed by atoms with van der Waals surface area (Å²) in [5.41, 5.74) is 1.06. The van der Waals surface area contributed by atoms with Crippen LogP contribution in [0.3, 0.4) is 0 Å². The van der Waals surface area contributed by atoms with E-state index in [2.05, 4.69) is 5.32 Å². The second-order valence-corrected chi connectivity index (χ2v) is 7.34. The Hall–Kier alpha value is -3.06. The van der Waals surface area contributed by atoms with E-state index < -0.39 is 23.5 Å². The van der Waals surface area contributed by atoms with Gasteiger partial charge in [0.2, 0.25) is 0 Å². The summed E-state index contributed by atoms with van der Waals surface area (Å²) in [6.45, 7) is 0.366. The molecule has 0 saturated carbocycles. The van der Waals surface area contributed by atoms with Gasteiger partial charge in [-0.25, -0.2) is 13.6 Å². The van der Waals surface area contributed by atoms with Crippen LogP contribution < -0.4 is 5.32 Å². The number of carbonyl (C=O) groups excluding carboxylic acids is 1. The first kappa shape index (κ1) is 19.7. The van der Waals surface area contributed by atoms with Crippen LogP contribution >= 0.6 is 11.3 Å². The van der Waals surface area contributed by atoms with Gasteiger partial charge in [-0.2, -0.15) is 0 Å². The van der Waals surface area contributed by atoms with Crippen LogP contribution in [-0.4, -0.2) is 23.5 Å². The first-order chi connectivity index (χ1) is 13.4. The first-order valence-electron chi connectivity index (χ1n) is 8.59. The molecule has 0 spiro atoms. The molecule has 0 unspecified atom stereocenters. The molecule has 1 aromatic heterocycles. The number of aromatic carboxylic acids is 1. The van der Waals surface area contributed by atoms with Gasteiger partial charge in [0.1, 0.15) is 16.5 Å². The number of nitrogens with one attached hydrogen (secondary N) is 1. The maximum Gasteiger partial charge on any atom is 0.345 e. The zero-order valence-corrected chi connectivity index (χ0v) is 15.6. The Kier molecular flexibility index (Phi) is 6.16. The van der Waals surface area contributed by atoms with Gasteiger partial charge in [-0.05, 0) is 66.4 Å². The van der Waals surface area contributed by atoms with Crippen molar-refractivity contribution in [2.45, 2.75) is 12.8 Å². The Bertz CT molecular complexity index is 1020. The van der Waals surface area contributed by atoms with E-state index in [0.717, 1.165) is 10.9 Å². The van der Waals surface area contributed by atoms with Crippen molar-refractivity contribution in [1.29, 1.82) is 0 Å². The standard InChI is InChI=1S/C21H17F2NO3S/c22-16-4-1-3-13(10-16)14-9-15(12-17(23)11-14)20(25)24-8-2-5-18-6-7-19(28-18)21(26)27/h1,3-4,6-7,9-12H,2,5,8H2,(H,24,25)(H,26,27). The Labute approximate surface area is 164 Å². The van der Waals surface area contributed by atoms with Crippen LogP contribution in [0.1, 0.15) is 31.3 Å². The van der Waals surface area contributed by atoms with Crippen LogP contribution in [0.4, 0.5) is 8.78 Å². The van der Waals surface area contributed by atoms with Gasteiger partial charge in [-0.3, -0.25) is 4.79 Å². The normalized spacial score (nSPS) is 10.6. The molecular formula is C21H17F2NO3S. The lowest BCUT2D eigenvalue weighted by Gasteiger charge is -2.08. The summed E-state index contributed by atoms with van der Waals surface area (Å²) in [5, 5.41) is 11.6. The molecule has 2 aromatic carbocycles. The fourth-order valence-electron chi connectivity index (χ4n) is 2.75. The number of amides is 1. The minimum absolute atomic E-state index is 0.156. The zero-order valence-electron chi connectivity index (χ0n) is 14.7. The lowest BCUT2D eigenvalue weighted by molar-refractivity contribution is 0.0702.